The summed E-state index contributed by atoms with van der Waals surface area (Å²) < 4.78 is 7.17. The molecule has 1 atom stereocenters. The molecule has 0 N–H and O–H groups in total. The summed E-state index contributed by atoms with van der Waals surface area (Å²) in [5.74, 6) is 1.72. The van der Waals surface area contributed by atoms with E-state index < -0.39 is 0 Å². The average Bonchev–Trinajstić information content (AvgIpc) is 2.62. The Bertz CT molecular complexity index is 691. The number of halogens is 1. The quantitative estimate of drug-likeness (QED) is 0.312. The van der Waals surface area contributed by atoms with Gasteiger partial charge in [-0.25, -0.2) is 0 Å². The van der Waals surface area contributed by atoms with Gasteiger partial charge in [0.05, 0.1) is 6.61 Å². The predicted molar refractivity (Wildman–Crippen MR) is 103 cm³/mol. The van der Waals surface area contributed by atoms with Crippen LogP contribution in [0.25, 0.3) is 11.1 Å². The summed E-state index contributed by atoms with van der Waals surface area (Å²) in [5, 5.41) is 11.4. The highest BCUT2D eigenvalue weighted by Crippen LogP contribution is 2.23. The van der Waals surface area contributed by atoms with Gasteiger partial charge in [0.25, 0.3) is 4.60 Å². The first-order valence-corrected chi connectivity index (χ1v) is 9.75. The van der Waals surface area contributed by atoms with Gasteiger partial charge < -0.3 is 14.8 Å². The molecule has 1 fully saturated rings. The van der Waals surface area contributed by atoms with Crippen LogP contribution in [0.2, 0.25) is 0 Å². The van der Waals surface area contributed by atoms with Crippen LogP contribution in [0.1, 0.15) is 26.2 Å². The molecule has 1 aromatic carbocycles. The highest BCUT2D eigenvalue weighted by Gasteiger charge is 2.15. The summed E-state index contributed by atoms with van der Waals surface area (Å²) >= 11 is 3.26. The van der Waals surface area contributed by atoms with E-state index in [9.17, 15) is 5.21 Å². The number of nitrogens with zero attached hydrogens (tertiary/aromatic N) is 2. The molecule has 2 aromatic rings. The lowest BCUT2D eigenvalue weighted by atomic mass is 10.0. The molecule has 0 spiro atoms. The van der Waals surface area contributed by atoms with Crippen molar-refractivity contribution in [3.8, 4) is 16.9 Å². The number of piperidine rings is 1. The fraction of sp³-hybridized carbons (Fsp3) is 0.450. The van der Waals surface area contributed by atoms with Crippen LogP contribution >= 0.6 is 15.9 Å². The Hall–Kier alpha value is -1.59. The van der Waals surface area contributed by atoms with E-state index in [0.717, 1.165) is 47.1 Å². The third-order valence-electron chi connectivity index (χ3n) is 4.69. The molecule has 0 saturated carbocycles. The maximum atomic E-state index is 11.4. The molecule has 0 unspecified atom stereocenters. The zero-order chi connectivity index (χ0) is 17.6. The van der Waals surface area contributed by atoms with Crippen molar-refractivity contribution in [3.05, 3.63) is 52.4 Å². The van der Waals surface area contributed by atoms with Gasteiger partial charge in [-0.1, -0.05) is 19.1 Å². The average molecular weight is 405 g/mol. The fourth-order valence-corrected chi connectivity index (χ4v) is 3.72. The minimum Gasteiger partial charge on any atom is -0.618 e. The number of likely N-dealkylation sites (tertiary alicyclic amines) is 1. The fourth-order valence-electron chi connectivity index (χ4n) is 3.35. The normalized spacial score (nSPS) is 18.2. The van der Waals surface area contributed by atoms with E-state index >= 15 is 0 Å². The Morgan fingerprint density at radius 2 is 2.04 bits per heavy atom. The lowest BCUT2D eigenvalue weighted by Crippen LogP contribution is -2.35. The number of aromatic nitrogens is 1. The first-order valence-electron chi connectivity index (χ1n) is 8.96. The molecule has 1 saturated heterocycles. The third-order valence-corrected chi connectivity index (χ3v) is 5.27. The van der Waals surface area contributed by atoms with Gasteiger partial charge in [-0.3, -0.25) is 0 Å². The molecule has 1 aromatic heterocycles. The summed E-state index contributed by atoms with van der Waals surface area (Å²) in [5.41, 5.74) is 2.07. The van der Waals surface area contributed by atoms with E-state index in [2.05, 4.69) is 27.8 Å². The summed E-state index contributed by atoms with van der Waals surface area (Å²) in [6.07, 6.45) is 5.26. The van der Waals surface area contributed by atoms with E-state index in [-0.39, 0.29) is 0 Å². The number of benzene rings is 1. The monoisotopic (exact) mass is 404 g/mol. The second-order valence-electron chi connectivity index (χ2n) is 6.84. The predicted octanol–water partition coefficient (Wildman–Crippen LogP) is 4.25. The number of pyridine rings is 1. The lowest BCUT2D eigenvalue weighted by molar-refractivity contribution is -0.617. The maximum absolute atomic E-state index is 11.4. The molecule has 4 nitrogen and oxygen atoms in total. The molecule has 0 amide bonds. The molecule has 0 aliphatic carbocycles. The number of rotatable bonds is 6. The molecular formula is C20H25BrN2O2. The molecule has 25 heavy (non-hydrogen) atoms. The summed E-state index contributed by atoms with van der Waals surface area (Å²) in [6.45, 7) is 6.67. The molecule has 0 bridgehead atoms. The molecule has 3 rings (SSSR count). The van der Waals surface area contributed by atoms with Crippen LogP contribution < -0.4 is 9.47 Å². The lowest BCUT2D eigenvalue weighted by Gasteiger charge is -2.30. The van der Waals surface area contributed by atoms with Gasteiger partial charge in [-0.05, 0) is 55.0 Å². The van der Waals surface area contributed by atoms with Crippen LogP contribution in [0.15, 0.2) is 47.2 Å². The van der Waals surface area contributed by atoms with Gasteiger partial charge in [0, 0.05) is 41.2 Å². The first kappa shape index (κ1) is 18.2. The standard InChI is InChI=1S/C20H25BrN2O2/c1-16-4-2-10-22(15-16)11-3-13-25-19-7-5-17(6-8-19)18-9-12-23(24)20(21)14-18/h5-9,12,14,16H,2-4,10-11,13,15H2,1H3/t16-/m0/s1. The Balaban J connectivity index is 1.47. The summed E-state index contributed by atoms with van der Waals surface area (Å²) in [7, 11) is 0. The Morgan fingerprint density at radius 3 is 2.76 bits per heavy atom. The SMILES string of the molecule is C[C@H]1CCCN(CCCOc2ccc(-c3cc[n+]([O-])c(Br)c3)cc2)C1. The van der Waals surface area contributed by atoms with Gasteiger partial charge in [-0.2, -0.15) is 4.73 Å². The van der Waals surface area contributed by atoms with Crippen LogP contribution in [0.5, 0.6) is 5.75 Å². The molecule has 1 aliphatic heterocycles. The third kappa shape index (κ3) is 5.19. The first-order chi connectivity index (χ1) is 12.1. The van der Waals surface area contributed by atoms with Gasteiger partial charge in [-0.15, -0.1) is 0 Å². The number of ether oxygens (including phenoxy) is 1. The topological polar surface area (TPSA) is 39.4 Å². The Kier molecular flexibility index (Phi) is 6.32. The van der Waals surface area contributed by atoms with Crippen LogP contribution in [-0.4, -0.2) is 31.1 Å². The van der Waals surface area contributed by atoms with Crippen LogP contribution in [0.4, 0.5) is 0 Å². The van der Waals surface area contributed by atoms with Crippen molar-refractivity contribution in [2.75, 3.05) is 26.2 Å². The highest BCUT2D eigenvalue weighted by molar-refractivity contribution is 9.10. The van der Waals surface area contributed by atoms with Gasteiger partial charge in [0.15, 0.2) is 6.20 Å². The van der Waals surface area contributed by atoms with Crippen molar-refractivity contribution in [1.29, 1.82) is 0 Å². The Labute approximate surface area is 158 Å². The van der Waals surface area contributed by atoms with E-state index in [0.29, 0.717) is 4.60 Å². The molecule has 2 heterocycles. The maximum Gasteiger partial charge on any atom is 0.259 e. The smallest absolute Gasteiger partial charge is 0.259 e. The van der Waals surface area contributed by atoms with Gasteiger partial charge in [0.1, 0.15) is 5.75 Å². The minimum atomic E-state index is 0.511. The molecule has 5 heteroatoms. The summed E-state index contributed by atoms with van der Waals surface area (Å²) in [4.78, 5) is 2.55. The zero-order valence-corrected chi connectivity index (χ0v) is 16.2. The molecule has 134 valence electrons. The van der Waals surface area contributed by atoms with Crippen molar-refractivity contribution < 1.29 is 9.47 Å². The number of hydrogen-bond acceptors (Lipinski definition) is 3. The second-order valence-corrected chi connectivity index (χ2v) is 7.65. The minimum absolute atomic E-state index is 0.511. The largest absolute Gasteiger partial charge is 0.618 e. The van der Waals surface area contributed by atoms with Crippen molar-refractivity contribution >= 4 is 15.9 Å². The van der Waals surface area contributed by atoms with Crippen molar-refractivity contribution in [3.63, 3.8) is 0 Å². The number of hydrogen-bond donors (Lipinski definition) is 0. The second kappa shape index (κ2) is 8.68. The van der Waals surface area contributed by atoms with E-state index in [1.54, 1.807) is 0 Å². The molecule has 0 radical (unpaired) electrons. The summed E-state index contributed by atoms with van der Waals surface area (Å²) in [6, 6.07) is 11.7. The highest BCUT2D eigenvalue weighted by atomic mass is 79.9. The van der Waals surface area contributed by atoms with Crippen LogP contribution in [0.3, 0.4) is 0 Å². The van der Waals surface area contributed by atoms with Crippen LogP contribution in [-0.2, 0) is 0 Å². The molecule has 1 aliphatic rings. The molecular weight excluding hydrogens is 380 g/mol. The van der Waals surface area contributed by atoms with Gasteiger partial charge in [0.2, 0.25) is 0 Å². The van der Waals surface area contributed by atoms with Crippen molar-refractivity contribution in [2.24, 2.45) is 5.92 Å². The van der Waals surface area contributed by atoms with Crippen LogP contribution in [0, 0.1) is 11.1 Å². The van der Waals surface area contributed by atoms with E-state index in [4.69, 9.17) is 4.74 Å². The zero-order valence-electron chi connectivity index (χ0n) is 14.7. The van der Waals surface area contributed by atoms with Crippen molar-refractivity contribution in [1.82, 2.24) is 4.90 Å². The van der Waals surface area contributed by atoms with Crippen molar-refractivity contribution in [2.45, 2.75) is 26.2 Å². The van der Waals surface area contributed by atoms with E-state index in [1.165, 1.54) is 32.1 Å². The Morgan fingerprint density at radius 1 is 1.24 bits per heavy atom. The van der Waals surface area contributed by atoms with E-state index in [1.807, 2.05) is 36.4 Å². The van der Waals surface area contributed by atoms with Gasteiger partial charge >= 0.3 is 0 Å².